The van der Waals surface area contributed by atoms with Gasteiger partial charge in [-0.1, -0.05) is 11.6 Å². The van der Waals surface area contributed by atoms with Gasteiger partial charge in [0, 0.05) is 11.6 Å². The number of rotatable bonds is 4. The van der Waals surface area contributed by atoms with Crippen LogP contribution in [0.5, 0.6) is 0 Å². The fourth-order valence-electron chi connectivity index (χ4n) is 1.72. The Balaban J connectivity index is 2.37. The van der Waals surface area contributed by atoms with E-state index in [1.165, 1.54) is 0 Å². The Labute approximate surface area is 104 Å². The summed E-state index contributed by atoms with van der Waals surface area (Å²) in [5.74, 6) is 0. The SMILES string of the molecule is CNCCCn1cnc2cc(Cl)ccc2c1=O. The smallest absolute Gasteiger partial charge is 0.261 e. The third kappa shape index (κ3) is 2.65. The molecule has 4 nitrogen and oxygen atoms in total. The molecule has 0 radical (unpaired) electrons. The van der Waals surface area contributed by atoms with Crippen LogP contribution < -0.4 is 10.9 Å². The van der Waals surface area contributed by atoms with Crippen molar-refractivity contribution < 1.29 is 0 Å². The summed E-state index contributed by atoms with van der Waals surface area (Å²) in [5.41, 5.74) is 0.634. The second kappa shape index (κ2) is 5.29. The van der Waals surface area contributed by atoms with E-state index in [9.17, 15) is 4.79 Å². The van der Waals surface area contributed by atoms with Gasteiger partial charge in [0.2, 0.25) is 0 Å². The van der Waals surface area contributed by atoms with Crippen molar-refractivity contribution in [2.75, 3.05) is 13.6 Å². The summed E-state index contributed by atoms with van der Waals surface area (Å²) in [6, 6.07) is 5.14. The number of hydrogen-bond acceptors (Lipinski definition) is 3. The number of hydrogen-bond donors (Lipinski definition) is 1. The first-order valence-corrected chi connectivity index (χ1v) is 5.89. The largest absolute Gasteiger partial charge is 0.320 e. The highest BCUT2D eigenvalue weighted by molar-refractivity contribution is 6.31. The van der Waals surface area contributed by atoms with Gasteiger partial charge in [-0.15, -0.1) is 0 Å². The first-order chi connectivity index (χ1) is 8.22. The Kier molecular flexibility index (Phi) is 3.76. The molecule has 0 amide bonds. The van der Waals surface area contributed by atoms with Crippen molar-refractivity contribution in [2.24, 2.45) is 0 Å². The van der Waals surface area contributed by atoms with Gasteiger partial charge in [0.1, 0.15) is 0 Å². The summed E-state index contributed by atoms with van der Waals surface area (Å²) in [6.07, 6.45) is 2.48. The molecule has 2 aromatic rings. The molecule has 0 saturated carbocycles. The van der Waals surface area contributed by atoms with Crippen LogP contribution >= 0.6 is 11.6 Å². The van der Waals surface area contributed by atoms with Crippen molar-refractivity contribution >= 4 is 22.5 Å². The van der Waals surface area contributed by atoms with E-state index in [1.807, 2.05) is 7.05 Å². The molecule has 90 valence electrons. The van der Waals surface area contributed by atoms with E-state index < -0.39 is 0 Å². The highest BCUT2D eigenvalue weighted by Gasteiger charge is 2.03. The molecule has 0 aliphatic heterocycles. The number of nitrogens with one attached hydrogen (secondary N) is 1. The Hall–Kier alpha value is -1.39. The van der Waals surface area contributed by atoms with Crippen LogP contribution in [0.1, 0.15) is 6.42 Å². The molecule has 2 rings (SSSR count). The standard InChI is InChI=1S/C12H14ClN3O/c1-14-5-2-6-16-8-15-11-7-9(13)3-4-10(11)12(16)17/h3-4,7-8,14H,2,5-6H2,1H3. The fraction of sp³-hybridized carbons (Fsp3) is 0.333. The number of fused-ring (bicyclic) bond motifs is 1. The normalized spacial score (nSPS) is 10.9. The van der Waals surface area contributed by atoms with Gasteiger partial charge < -0.3 is 5.32 Å². The minimum Gasteiger partial charge on any atom is -0.320 e. The number of nitrogens with zero attached hydrogens (tertiary/aromatic N) is 2. The average Bonchev–Trinajstić information content (AvgIpc) is 2.32. The maximum absolute atomic E-state index is 12.1. The average molecular weight is 252 g/mol. The minimum absolute atomic E-state index is 0.0113. The van der Waals surface area contributed by atoms with Gasteiger partial charge in [0.25, 0.3) is 5.56 Å². The minimum atomic E-state index is -0.0113. The van der Waals surface area contributed by atoms with Gasteiger partial charge in [-0.05, 0) is 38.2 Å². The molecule has 0 atom stereocenters. The molecule has 0 spiro atoms. The van der Waals surface area contributed by atoms with E-state index in [0.717, 1.165) is 13.0 Å². The van der Waals surface area contributed by atoms with E-state index in [0.29, 0.717) is 22.5 Å². The molecule has 1 N–H and O–H groups in total. The third-order valence-corrected chi connectivity index (χ3v) is 2.85. The second-order valence-corrected chi connectivity index (χ2v) is 4.30. The Bertz CT molecular complexity index is 579. The van der Waals surface area contributed by atoms with Crippen LogP contribution in [0.15, 0.2) is 29.3 Å². The topological polar surface area (TPSA) is 46.9 Å². The summed E-state index contributed by atoms with van der Waals surface area (Å²) >= 11 is 5.86. The molecule has 1 aromatic carbocycles. The predicted molar refractivity (Wildman–Crippen MR) is 69.6 cm³/mol. The Morgan fingerprint density at radius 3 is 3.06 bits per heavy atom. The van der Waals surface area contributed by atoms with Crippen LogP contribution in [0.2, 0.25) is 5.02 Å². The maximum atomic E-state index is 12.1. The predicted octanol–water partition coefficient (Wildman–Crippen LogP) is 1.66. The van der Waals surface area contributed by atoms with Gasteiger partial charge in [-0.3, -0.25) is 9.36 Å². The lowest BCUT2D eigenvalue weighted by Crippen LogP contribution is -2.22. The fourth-order valence-corrected chi connectivity index (χ4v) is 1.88. The van der Waals surface area contributed by atoms with Crippen molar-refractivity contribution in [1.82, 2.24) is 14.9 Å². The van der Waals surface area contributed by atoms with Crippen molar-refractivity contribution in [1.29, 1.82) is 0 Å². The van der Waals surface area contributed by atoms with E-state index in [-0.39, 0.29) is 5.56 Å². The highest BCUT2D eigenvalue weighted by atomic mass is 35.5. The summed E-state index contributed by atoms with van der Waals surface area (Å²) in [4.78, 5) is 16.3. The maximum Gasteiger partial charge on any atom is 0.261 e. The zero-order chi connectivity index (χ0) is 12.3. The quantitative estimate of drug-likeness (QED) is 0.841. The van der Waals surface area contributed by atoms with Gasteiger partial charge in [-0.25, -0.2) is 4.98 Å². The summed E-state index contributed by atoms with van der Waals surface area (Å²) < 4.78 is 1.63. The summed E-state index contributed by atoms with van der Waals surface area (Å²) in [5, 5.41) is 4.26. The van der Waals surface area contributed by atoms with E-state index in [4.69, 9.17) is 11.6 Å². The number of aromatic nitrogens is 2. The van der Waals surface area contributed by atoms with Gasteiger partial charge in [0.15, 0.2) is 0 Å². The molecule has 5 heteroatoms. The van der Waals surface area contributed by atoms with E-state index in [1.54, 1.807) is 29.1 Å². The number of halogens is 1. The zero-order valence-corrected chi connectivity index (χ0v) is 10.4. The van der Waals surface area contributed by atoms with Crippen molar-refractivity contribution in [3.05, 3.63) is 39.9 Å². The van der Waals surface area contributed by atoms with Crippen molar-refractivity contribution in [2.45, 2.75) is 13.0 Å². The number of aryl methyl sites for hydroxylation is 1. The van der Waals surface area contributed by atoms with Crippen LogP contribution in [-0.4, -0.2) is 23.1 Å². The summed E-state index contributed by atoms with van der Waals surface area (Å²) in [6.45, 7) is 1.55. The van der Waals surface area contributed by atoms with Crippen LogP contribution in [0.3, 0.4) is 0 Å². The van der Waals surface area contributed by atoms with E-state index >= 15 is 0 Å². The lowest BCUT2D eigenvalue weighted by molar-refractivity contribution is 0.594. The van der Waals surface area contributed by atoms with Crippen LogP contribution in [0.4, 0.5) is 0 Å². The van der Waals surface area contributed by atoms with Gasteiger partial charge in [0.05, 0.1) is 17.2 Å². The highest BCUT2D eigenvalue weighted by Crippen LogP contribution is 2.14. The Morgan fingerprint density at radius 2 is 2.29 bits per heavy atom. The molecule has 0 unspecified atom stereocenters. The van der Waals surface area contributed by atoms with Gasteiger partial charge >= 0.3 is 0 Å². The summed E-state index contributed by atoms with van der Waals surface area (Å²) in [7, 11) is 1.89. The van der Waals surface area contributed by atoms with Crippen molar-refractivity contribution in [3.63, 3.8) is 0 Å². The third-order valence-electron chi connectivity index (χ3n) is 2.61. The van der Waals surface area contributed by atoms with E-state index in [2.05, 4.69) is 10.3 Å². The molecule has 0 bridgehead atoms. The number of benzene rings is 1. The first kappa shape index (κ1) is 12.1. The van der Waals surface area contributed by atoms with Gasteiger partial charge in [-0.2, -0.15) is 0 Å². The molecule has 1 aromatic heterocycles. The second-order valence-electron chi connectivity index (χ2n) is 3.86. The molecule has 17 heavy (non-hydrogen) atoms. The van der Waals surface area contributed by atoms with Crippen LogP contribution in [0, 0.1) is 0 Å². The van der Waals surface area contributed by atoms with Crippen LogP contribution in [0.25, 0.3) is 10.9 Å². The first-order valence-electron chi connectivity index (χ1n) is 5.51. The molecular weight excluding hydrogens is 238 g/mol. The zero-order valence-electron chi connectivity index (χ0n) is 9.61. The molecule has 0 aliphatic rings. The molecule has 0 saturated heterocycles. The lowest BCUT2D eigenvalue weighted by Gasteiger charge is -2.06. The monoisotopic (exact) mass is 251 g/mol. The molecule has 1 heterocycles. The van der Waals surface area contributed by atoms with Crippen molar-refractivity contribution in [3.8, 4) is 0 Å². The molecule has 0 fully saturated rings. The molecular formula is C12H14ClN3O. The lowest BCUT2D eigenvalue weighted by atomic mass is 10.2. The Morgan fingerprint density at radius 1 is 1.47 bits per heavy atom. The molecule has 0 aliphatic carbocycles. The van der Waals surface area contributed by atoms with Crippen LogP contribution in [-0.2, 0) is 6.54 Å².